The molecule has 1 aromatic rings. The molecule has 0 bridgehead atoms. The van der Waals surface area contributed by atoms with Crippen LogP contribution in [0.15, 0.2) is 6.33 Å². The summed E-state index contributed by atoms with van der Waals surface area (Å²) in [5.41, 5.74) is 0.216. The van der Waals surface area contributed by atoms with E-state index in [-0.39, 0.29) is 5.60 Å². The lowest BCUT2D eigenvalue weighted by Gasteiger charge is -2.47. The van der Waals surface area contributed by atoms with E-state index in [1.165, 1.54) is 19.3 Å². The van der Waals surface area contributed by atoms with Gasteiger partial charge < -0.3 is 10.1 Å². The molecule has 1 saturated carbocycles. The SMILES string of the molecule is Cn1cnc(CNC2CCOC3(CCC3)C2)n1. The molecule has 5 nitrogen and oxygen atoms in total. The van der Waals surface area contributed by atoms with Gasteiger partial charge in [-0.1, -0.05) is 0 Å². The molecule has 1 saturated heterocycles. The lowest BCUT2D eigenvalue weighted by molar-refractivity contribution is -0.135. The third-order valence-electron chi connectivity index (χ3n) is 3.95. The minimum atomic E-state index is 0.216. The molecular formula is C12H20N4O. The first kappa shape index (κ1) is 11.2. The second-order valence-electron chi connectivity index (χ2n) is 5.29. The van der Waals surface area contributed by atoms with Gasteiger partial charge in [-0.25, -0.2) is 4.98 Å². The zero-order chi connectivity index (χ0) is 11.7. The van der Waals surface area contributed by atoms with Crippen molar-refractivity contribution >= 4 is 0 Å². The Morgan fingerprint density at radius 3 is 3.12 bits per heavy atom. The average molecular weight is 236 g/mol. The van der Waals surface area contributed by atoms with Gasteiger partial charge in [-0.2, -0.15) is 5.10 Å². The lowest BCUT2D eigenvalue weighted by Crippen LogP contribution is -2.50. The van der Waals surface area contributed by atoms with E-state index in [1.54, 1.807) is 11.0 Å². The van der Waals surface area contributed by atoms with Crippen molar-refractivity contribution in [2.75, 3.05) is 6.61 Å². The highest BCUT2D eigenvalue weighted by molar-refractivity contribution is 4.96. The maximum absolute atomic E-state index is 5.91. The summed E-state index contributed by atoms with van der Waals surface area (Å²) in [6.07, 6.45) is 7.82. The van der Waals surface area contributed by atoms with Crippen LogP contribution in [0, 0.1) is 0 Å². The van der Waals surface area contributed by atoms with Crippen molar-refractivity contribution in [3.8, 4) is 0 Å². The van der Waals surface area contributed by atoms with Crippen LogP contribution < -0.4 is 5.32 Å². The fraction of sp³-hybridized carbons (Fsp3) is 0.833. The third-order valence-corrected chi connectivity index (χ3v) is 3.95. The molecule has 1 aliphatic carbocycles. The topological polar surface area (TPSA) is 52.0 Å². The minimum absolute atomic E-state index is 0.216. The quantitative estimate of drug-likeness (QED) is 0.851. The van der Waals surface area contributed by atoms with E-state index in [1.807, 2.05) is 7.05 Å². The molecule has 3 rings (SSSR count). The van der Waals surface area contributed by atoms with E-state index >= 15 is 0 Å². The number of hydrogen-bond acceptors (Lipinski definition) is 4. The molecule has 1 spiro atoms. The van der Waals surface area contributed by atoms with Gasteiger partial charge in [0.05, 0.1) is 12.1 Å². The maximum atomic E-state index is 5.91. The summed E-state index contributed by atoms with van der Waals surface area (Å²) in [4.78, 5) is 4.23. The zero-order valence-corrected chi connectivity index (χ0v) is 10.4. The Hall–Kier alpha value is -0.940. The number of ether oxygens (including phenoxy) is 1. The largest absolute Gasteiger partial charge is 0.375 e. The Balaban J connectivity index is 1.51. The van der Waals surface area contributed by atoms with Crippen LogP contribution in [-0.2, 0) is 18.3 Å². The molecule has 17 heavy (non-hydrogen) atoms. The van der Waals surface area contributed by atoms with Crippen molar-refractivity contribution in [3.05, 3.63) is 12.2 Å². The van der Waals surface area contributed by atoms with Crippen LogP contribution in [0.3, 0.4) is 0 Å². The van der Waals surface area contributed by atoms with Crippen LogP contribution >= 0.6 is 0 Å². The fourth-order valence-corrected chi connectivity index (χ4v) is 2.82. The molecule has 1 unspecified atom stereocenters. The van der Waals surface area contributed by atoms with Gasteiger partial charge in [-0.05, 0) is 32.1 Å². The molecule has 0 aromatic carbocycles. The second-order valence-corrected chi connectivity index (χ2v) is 5.29. The van der Waals surface area contributed by atoms with Gasteiger partial charge in [-0.3, -0.25) is 4.68 Å². The predicted octanol–water partition coefficient (Wildman–Crippen LogP) is 1.01. The Bertz CT molecular complexity index is 386. The summed E-state index contributed by atoms with van der Waals surface area (Å²) in [6, 6.07) is 0.563. The van der Waals surface area contributed by atoms with E-state index in [9.17, 15) is 0 Å². The smallest absolute Gasteiger partial charge is 0.164 e. The molecule has 0 radical (unpaired) electrons. The lowest BCUT2D eigenvalue weighted by atomic mass is 9.74. The van der Waals surface area contributed by atoms with Crippen LogP contribution in [0.2, 0.25) is 0 Å². The highest BCUT2D eigenvalue weighted by Crippen LogP contribution is 2.42. The molecule has 1 aliphatic heterocycles. The zero-order valence-electron chi connectivity index (χ0n) is 10.4. The van der Waals surface area contributed by atoms with Gasteiger partial charge in [0.1, 0.15) is 6.33 Å². The third kappa shape index (κ3) is 2.35. The van der Waals surface area contributed by atoms with Crippen LogP contribution in [0.1, 0.15) is 37.9 Å². The molecule has 0 amide bonds. The number of nitrogens with one attached hydrogen (secondary N) is 1. The van der Waals surface area contributed by atoms with Crippen molar-refractivity contribution in [2.45, 2.75) is 50.3 Å². The standard InChI is InChI=1S/C12H20N4O/c1-16-9-14-11(15-16)8-13-10-3-6-17-12(7-10)4-2-5-12/h9-10,13H,2-8H2,1H3. The Labute approximate surface area is 102 Å². The predicted molar refractivity (Wildman–Crippen MR) is 63.4 cm³/mol. The Kier molecular flexibility index (Phi) is 2.88. The molecule has 1 atom stereocenters. The summed E-state index contributed by atoms with van der Waals surface area (Å²) in [5, 5.41) is 7.83. The molecule has 2 aliphatic rings. The summed E-state index contributed by atoms with van der Waals surface area (Å²) in [6.45, 7) is 1.66. The Morgan fingerprint density at radius 1 is 1.59 bits per heavy atom. The van der Waals surface area contributed by atoms with Crippen molar-refractivity contribution in [3.63, 3.8) is 0 Å². The van der Waals surface area contributed by atoms with Crippen molar-refractivity contribution < 1.29 is 4.74 Å². The fourth-order valence-electron chi connectivity index (χ4n) is 2.82. The van der Waals surface area contributed by atoms with Crippen molar-refractivity contribution in [2.24, 2.45) is 7.05 Å². The van der Waals surface area contributed by atoms with Crippen LogP contribution in [0.25, 0.3) is 0 Å². The van der Waals surface area contributed by atoms with E-state index in [0.717, 1.165) is 31.8 Å². The van der Waals surface area contributed by atoms with E-state index < -0.39 is 0 Å². The number of hydrogen-bond donors (Lipinski definition) is 1. The number of aryl methyl sites for hydroxylation is 1. The van der Waals surface area contributed by atoms with Gasteiger partial charge in [0.15, 0.2) is 5.82 Å². The van der Waals surface area contributed by atoms with Crippen LogP contribution in [-0.4, -0.2) is 33.0 Å². The summed E-state index contributed by atoms with van der Waals surface area (Å²) in [5.74, 6) is 0.877. The van der Waals surface area contributed by atoms with E-state index in [0.29, 0.717) is 6.04 Å². The highest BCUT2D eigenvalue weighted by Gasteiger charge is 2.42. The van der Waals surface area contributed by atoms with E-state index in [4.69, 9.17) is 4.74 Å². The first-order valence-electron chi connectivity index (χ1n) is 6.48. The normalized spacial score (nSPS) is 27.0. The van der Waals surface area contributed by atoms with E-state index in [2.05, 4.69) is 15.4 Å². The highest BCUT2D eigenvalue weighted by atomic mass is 16.5. The first-order valence-corrected chi connectivity index (χ1v) is 6.48. The molecule has 2 heterocycles. The summed E-state index contributed by atoms with van der Waals surface area (Å²) in [7, 11) is 1.90. The van der Waals surface area contributed by atoms with Crippen LogP contribution in [0.4, 0.5) is 0 Å². The van der Waals surface area contributed by atoms with Crippen LogP contribution in [0.5, 0.6) is 0 Å². The molecule has 1 N–H and O–H groups in total. The minimum Gasteiger partial charge on any atom is -0.375 e. The van der Waals surface area contributed by atoms with Crippen molar-refractivity contribution in [1.29, 1.82) is 0 Å². The molecule has 2 fully saturated rings. The van der Waals surface area contributed by atoms with Gasteiger partial charge in [0.25, 0.3) is 0 Å². The average Bonchev–Trinajstić information content (AvgIpc) is 2.71. The first-order chi connectivity index (χ1) is 8.26. The molecule has 1 aromatic heterocycles. The van der Waals surface area contributed by atoms with Gasteiger partial charge >= 0.3 is 0 Å². The molecule has 94 valence electrons. The summed E-state index contributed by atoms with van der Waals surface area (Å²) < 4.78 is 7.66. The van der Waals surface area contributed by atoms with Gasteiger partial charge in [0, 0.05) is 19.7 Å². The monoisotopic (exact) mass is 236 g/mol. The van der Waals surface area contributed by atoms with Gasteiger partial charge in [-0.15, -0.1) is 0 Å². The summed E-state index contributed by atoms with van der Waals surface area (Å²) >= 11 is 0. The maximum Gasteiger partial charge on any atom is 0.164 e. The van der Waals surface area contributed by atoms with Crippen molar-refractivity contribution in [1.82, 2.24) is 20.1 Å². The Morgan fingerprint density at radius 2 is 2.47 bits per heavy atom. The number of nitrogens with zero attached hydrogens (tertiary/aromatic N) is 3. The number of rotatable bonds is 3. The molecular weight excluding hydrogens is 216 g/mol. The second kappa shape index (κ2) is 4.38. The molecule has 5 heteroatoms. The number of aromatic nitrogens is 3. The van der Waals surface area contributed by atoms with Gasteiger partial charge in [0.2, 0.25) is 0 Å².